The molecule has 220 valence electrons. The standard InChI is InChI=1S/C38H45BN2O2/c1-8-37(7)38(9-2,31-19-13-12-18-30(31)33-20-14-15-24-41(33)37)23-21-32-28-16-10-11-17-29(28)34-26-27(22-25-40(32)34)39-42-35(3,4)36(5,6)43-39/h10-20,22,24-26,32H,8-9,21,23H2,1-7H3/q+2. The molecule has 0 N–H and O–H groups in total. The van der Waals surface area contributed by atoms with Crippen LogP contribution in [0.4, 0.5) is 0 Å². The van der Waals surface area contributed by atoms with E-state index < -0.39 is 0 Å². The van der Waals surface area contributed by atoms with E-state index in [2.05, 4.69) is 149 Å². The van der Waals surface area contributed by atoms with Gasteiger partial charge in [0.2, 0.25) is 11.4 Å². The van der Waals surface area contributed by atoms with Gasteiger partial charge in [-0.25, -0.2) is 0 Å². The third-order valence-electron chi connectivity index (χ3n) is 11.7. The number of hydrogen-bond donors (Lipinski definition) is 0. The predicted octanol–water partition coefficient (Wildman–Crippen LogP) is 7.06. The van der Waals surface area contributed by atoms with Crippen molar-refractivity contribution in [2.24, 2.45) is 0 Å². The SMILES string of the molecule is CCC1(CCC2c3ccccc3-c3cc(B4OC(C)(C)C(C)(C)O4)cc[n+]32)c2ccccc2-c2cccc[n+]2C1(C)CC. The van der Waals surface area contributed by atoms with E-state index in [1.54, 1.807) is 0 Å². The quantitative estimate of drug-likeness (QED) is 0.183. The summed E-state index contributed by atoms with van der Waals surface area (Å²) in [6, 6.07) is 29.6. The fourth-order valence-electron chi connectivity index (χ4n) is 8.39. The van der Waals surface area contributed by atoms with E-state index in [4.69, 9.17) is 9.31 Å². The number of rotatable bonds is 6. The molecule has 0 bridgehead atoms. The molecule has 0 spiro atoms. The molecule has 3 unspecified atom stereocenters. The third kappa shape index (κ3) is 3.97. The topological polar surface area (TPSA) is 26.2 Å². The molecule has 5 heteroatoms. The highest BCUT2D eigenvalue weighted by atomic mass is 16.7. The van der Waals surface area contributed by atoms with Gasteiger partial charge in [0.25, 0.3) is 0 Å². The van der Waals surface area contributed by atoms with Crippen LogP contribution < -0.4 is 14.6 Å². The van der Waals surface area contributed by atoms with Gasteiger partial charge in [-0.05, 0) is 69.8 Å². The zero-order valence-electron chi connectivity index (χ0n) is 26.9. The summed E-state index contributed by atoms with van der Waals surface area (Å²) in [5.41, 5.74) is 8.50. The first-order valence-corrected chi connectivity index (χ1v) is 16.2. The van der Waals surface area contributed by atoms with E-state index >= 15 is 0 Å². The minimum atomic E-state index is -0.369. The van der Waals surface area contributed by atoms with Crippen LogP contribution in [0.2, 0.25) is 0 Å². The Morgan fingerprint density at radius 3 is 2.12 bits per heavy atom. The Morgan fingerprint density at radius 2 is 1.40 bits per heavy atom. The first-order chi connectivity index (χ1) is 20.6. The van der Waals surface area contributed by atoms with Crippen LogP contribution in [0.25, 0.3) is 22.5 Å². The Bertz CT molecular complexity index is 1700. The molecule has 3 aliphatic heterocycles. The second kappa shape index (κ2) is 9.87. The van der Waals surface area contributed by atoms with Gasteiger partial charge in [0.1, 0.15) is 0 Å². The van der Waals surface area contributed by atoms with Crippen molar-refractivity contribution < 1.29 is 18.4 Å². The van der Waals surface area contributed by atoms with Gasteiger partial charge in [0.05, 0.1) is 27.7 Å². The molecule has 5 heterocycles. The molecule has 0 aliphatic carbocycles. The summed E-state index contributed by atoms with van der Waals surface area (Å²) in [6.07, 6.45) is 8.89. The predicted molar refractivity (Wildman–Crippen MR) is 173 cm³/mol. The van der Waals surface area contributed by atoms with Crippen molar-refractivity contribution in [3.63, 3.8) is 0 Å². The van der Waals surface area contributed by atoms with Gasteiger partial charge >= 0.3 is 7.12 Å². The van der Waals surface area contributed by atoms with Gasteiger partial charge in [-0.3, -0.25) is 0 Å². The van der Waals surface area contributed by atoms with E-state index in [0.717, 1.165) is 31.1 Å². The molecule has 1 fully saturated rings. The van der Waals surface area contributed by atoms with Crippen molar-refractivity contribution in [1.82, 2.24) is 0 Å². The van der Waals surface area contributed by atoms with Crippen molar-refractivity contribution in [3.05, 3.63) is 102 Å². The summed E-state index contributed by atoms with van der Waals surface area (Å²) in [4.78, 5) is 0. The van der Waals surface area contributed by atoms with E-state index in [0.29, 0.717) is 0 Å². The normalized spacial score (nSPS) is 26.0. The molecule has 0 amide bonds. The fourth-order valence-corrected chi connectivity index (χ4v) is 8.39. The molecule has 7 rings (SSSR count). The first kappa shape index (κ1) is 28.5. The second-order valence-corrected chi connectivity index (χ2v) is 14.0. The van der Waals surface area contributed by atoms with Crippen LogP contribution in [0.5, 0.6) is 0 Å². The molecule has 3 atom stereocenters. The molecule has 0 radical (unpaired) electrons. The Labute approximate surface area is 257 Å². The Morgan fingerprint density at radius 1 is 0.721 bits per heavy atom. The summed E-state index contributed by atoms with van der Waals surface area (Å²) < 4.78 is 18.0. The molecule has 1 saturated heterocycles. The number of aromatic nitrogens is 2. The van der Waals surface area contributed by atoms with Crippen LogP contribution in [-0.2, 0) is 20.3 Å². The van der Waals surface area contributed by atoms with E-state index in [1.807, 2.05) is 0 Å². The zero-order valence-corrected chi connectivity index (χ0v) is 26.9. The number of hydrogen-bond acceptors (Lipinski definition) is 2. The maximum Gasteiger partial charge on any atom is 0.495 e. The maximum atomic E-state index is 6.44. The average Bonchev–Trinajstić information content (AvgIpc) is 3.45. The molecule has 3 aliphatic rings. The lowest BCUT2D eigenvalue weighted by molar-refractivity contribution is -0.766. The first-order valence-electron chi connectivity index (χ1n) is 16.2. The summed E-state index contributed by atoms with van der Waals surface area (Å²) in [7, 11) is -0.369. The molecule has 0 saturated carbocycles. The van der Waals surface area contributed by atoms with Crippen LogP contribution >= 0.6 is 0 Å². The van der Waals surface area contributed by atoms with Gasteiger partial charge in [-0.15, -0.1) is 0 Å². The molecule has 43 heavy (non-hydrogen) atoms. The Balaban J connectivity index is 1.29. The summed E-state index contributed by atoms with van der Waals surface area (Å²) >= 11 is 0. The number of pyridine rings is 2. The van der Waals surface area contributed by atoms with E-state index in [1.165, 1.54) is 33.6 Å². The van der Waals surface area contributed by atoms with Crippen molar-refractivity contribution in [2.75, 3.05) is 0 Å². The average molecular weight is 573 g/mol. The number of benzene rings is 2. The lowest BCUT2D eigenvalue weighted by Crippen LogP contribution is -2.68. The van der Waals surface area contributed by atoms with Gasteiger partial charge in [-0.1, -0.05) is 50.2 Å². The highest BCUT2D eigenvalue weighted by Gasteiger charge is 2.59. The van der Waals surface area contributed by atoms with Crippen molar-refractivity contribution in [2.45, 2.75) is 102 Å². The largest absolute Gasteiger partial charge is 0.495 e. The minimum Gasteiger partial charge on any atom is -0.399 e. The Hall–Kier alpha value is -3.28. The lowest BCUT2D eigenvalue weighted by atomic mass is 9.57. The molecular formula is C38H45BN2O2+2. The zero-order chi connectivity index (χ0) is 30.2. The van der Waals surface area contributed by atoms with Crippen LogP contribution in [0.3, 0.4) is 0 Å². The smallest absolute Gasteiger partial charge is 0.399 e. The van der Waals surface area contributed by atoms with Crippen LogP contribution in [0, 0.1) is 0 Å². The van der Waals surface area contributed by atoms with Crippen LogP contribution in [0.15, 0.2) is 91.3 Å². The highest BCUT2D eigenvalue weighted by Crippen LogP contribution is 2.53. The van der Waals surface area contributed by atoms with Gasteiger partial charge < -0.3 is 9.31 Å². The van der Waals surface area contributed by atoms with Crippen LogP contribution in [0.1, 0.15) is 91.3 Å². The third-order valence-corrected chi connectivity index (χ3v) is 11.7. The second-order valence-electron chi connectivity index (χ2n) is 14.0. The van der Waals surface area contributed by atoms with E-state index in [-0.39, 0.29) is 35.3 Å². The van der Waals surface area contributed by atoms with Crippen molar-refractivity contribution in [3.8, 4) is 22.5 Å². The van der Waals surface area contributed by atoms with Gasteiger partial charge in [0, 0.05) is 49.6 Å². The fraction of sp³-hybridized carbons (Fsp3) is 0.421. The molecule has 4 aromatic rings. The monoisotopic (exact) mass is 572 g/mol. The van der Waals surface area contributed by atoms with Gasteiger partial charge in [-0.2, -0.15) is 9.13 Å². The van der Waals surface area contributed by atoms with Crippen molar-refractivity contribution >= 4 is 12.6 Å². The number of nitrogens with zero attached hydrogens (tertiary/aromatic N) is 2. The minimum absolute atomic E-state index is 0.00173. The van der Waals surface area contributed by atoms with Crippen molar-refractivity contribution in [1.29, 1.82) is 0 Å². The molecular weight excluding hydrogens is 527 g/mol. The molecule has 2 aromatic heterocycles. The lowest BCUT2D eigenvalue weighted by Gasteiger charge is -2.48. The summed E-state index contributed by atoms with van der Waals surface area (Å²) in [6.45, 7) is 15.7. The van der Waals surface area contributed by atoms with Gasteiger partial charge in [0.15, 0.2) is 24.0 Å². The summed E-state index contributed by atoms with van der Waals surface area (Å²) in [5, 5.41) is 0. The Kier molecular flexibility index (Phi) is 6.54. The molecule has 4 nitrogen and oxygen atoms in total. The summed E-state index contributed by atoms with van der Waals surface area (Å²) in [5.74, 6) is 0. The highest BCUT2D eigenvalue weighted by molar-refractivity contribution is 6.62. The number of fused-ring (bicyclic) bond motifs is 6. The molecule has 2 aromatic carbocycles. The van der Waals surface area contributed by atoms with Crippen LogP contribution in [-0.4, -0.2) is 18.3 Å². The maximum absolute atomic E-state index is 6.44. The van der Waals surface area contributed by atoms with E-state index in [9.17, 15) is 0 Å².